The summed E-state index contributed by atoms with van der Waals surface area (Å²) in [6, 6.07) is 16.7. The van der Waals surface area contributed by atoms with Gasteiger partial charge in [-0.2, -0.15) is 0 Å². The second kappa shape index (κ2) is 4.39. The van der Waals surface area contributed by atoms with Crippen molar-refractivity contribution < 1.29 is 0 Å². The molecule has 0 aliphatic heterocycles. The van der Waals surface area contributed by atoms with Crippen molar-refractivity contribution in [2.24, 2.45) is 0 Å². The number of benzene rings is 2. The summed E-state index contributed by atoms with van der Waals surface area (Å²) in [4.78, 5) is 9.23. The summed E-state index contributed by atoms with van der Waals surface area (Å²) in [5.41, 5.74) is 3.26. The Morgan fingerprint density at radius 1 is 0.950 bits per heavy atom. The second-order valence-electron chi connectivity index (χ2n) is 4.91. The predicted octanol–water partition coefficient (Wildman–Crippen LogP) is 4.82. The molecular formula is C17H12N2S. The maximum atomic E-state index is 4.69. The molecule has 0 saturated heterocycles. The lowest BCUT2D eigenvalue weighted by atomic mass is 10.1. The summed E-state index contributed by atoms with van der Waals surface area (Å²) >= 11 is 1.70. The quantitative estimate of drug-likeness (QED) is 0.498. The van der Waals surface area contributed by atoms with Crippen molar-refractivity contribution >= 4 is 32.3 Å². The highest BCUT2D eigenvalue weighted by Gasteiger charge is 2.08. The second-order valence-corrected chi connectivity index (χ2v) is 5.94. The zero-order chi connectivity index (χ0) is 13.5. The molecule has 0 fully saturated rings. The van der Waals surface area contributed by atoms with Gasteiger partial charge in [-0.05, 0) is 36.1 Å². The van der Waals surface area contributed by atoms with E-state index in [0.717, 1.165) is 21.6 Å². The first-order valence-corrected chi connectivity index (χ1v) is 7.34. The number of aryl methyl sites for hydroxylation is 1. The Morgan fingerprint density at radius 3 is 2.70 bits per heavy atom. The minimum absolute atomic E-state index is 0.947. The van der Waals surface area contributed by atoms with Gasteiger partial charge < -0.3 is 0 Å². The van der Waals surface area contributed by atoms with E-state index >= 15 is 0 Å². The Morgan fingerprint density at radius 2 is 1.80 bits per heavy atom. The van der Waals surface area contributed by atoms with E-state index in [4.69, 9.17) is 0 Å². The SMILES string of the molecule is Cc1ccc2nc(-c3cc4ccccc4cn3)sc2c1. The van der Waals surface area contributed by atoms with Gasteiger partial charge in [-0.3, -0.25) is 4.98 Å². The van der Waals surface area contributed by atoms with Crippen LogP contribution in [0.2, 0.25) is 0 Å². The van der Waals surface area contributed by atoms with E-state index in [-0.39, 0.29) is 0 Å². The van der Waals surface area contributed by atoms with Gasteiger partial charge in [-0.15, -0.1) is 11.3 Å². The molecule has 0 N–H and O–H groups in total. The first-order chi connectivity index (χ1) is 9.79. The normalized spacial score (nSPS) is 11.2. The fourth-order valence-electron chi connectivity index (χ4n) is 2.34. The molecule has 2 nitrogen and oxygen atoms in total. The Bertz CT molecular complexity index is 924. The number of nitrogens with zero attached hydrogens (tertiary/aromatic N) is 2. The van der Waals surface area contributed by atoms with Crippen LogP contribution in [0.4, 0.5) is 0 Å². The number of aromatic nitrogens is 2. The molecule has 4 aromatic rings. The Balaban J connectivity index is 1.91. The molecule has 3 heteroatoms. The molecular weight excluding hydrogens is 264 g/mol. The fraction of sp³-hybridized carbons (Fsp3) is 0.0588. The number of pyridine rings is 1. The third-order valence-corrected chi connectivity index (χ3v) is 4.43. The molecule has 0 amide bonds. The standard InChI is InChI=1S/C17H12N2S/c1-11-6-7-14-16(8-11)20-17(19-14)15-9-12-4-2-3-5-13(12)10-18-15/h2-10H,1H3. The van der Waals surface area contributed by atoms with E-state index in [1.807, 2.05) is 18.3 Å². The lowest BCUT2D eigenvalue weighted by Gasteiger charge is -1.99. The van der Waals surface area contributed by atoms with Crippen molar-refractivity contribution in [2.75, 3.05) is 0 Å². The van der Waals surface area contributed by atoms with E-state index in [1.54, 1.807) is 11.3 Å². The molecule has 4 rings (SSSR count). The number of rotatable bonds is 1. The maximum Gasteiger partial charge on any atom is 0.143 e. The van der Waals surface area contributed by atoms with E-state index in [1.165, 1.54) is 15.6 Å². The molecule has 2 heterocycles. The van der Waals surface area contributed by atoms with Crippen LogP contribution in [-0.4, -0.2) is 9.97 Å². The minimum atomic E-state index is 0.947. The van der Waals surface area contributed by atoms with Gasteiger partial charge in [-0.25, -0.2) is 4.98 Å². The summed E-state index contributed by atoms with van der Waals surface area (Å²) in [5, 5.41) is 3.34. The molecule has 0 bridgehead atoms. The zero-order valence-electron chi connectivity index (χ0n) is 11.0. The predicted molar refractivity (Wildman–Crippen MR) is 85.1 cm³/mol. The van der Waals surface area contributed by atoms with E-state index in [9.17, 15) is 0 Å². The van der Waals surface area contributed by atoms with Crippen LogP contribution in [0.5, 0.6) is 0 Å². The minimum Gasteiger partial charge on any atom is -0.253 e. The van der Waals surface area contributed by atoms with Gasteiger partial charge in [0.05, 0.1) is 15.9 Å². The lowest BCUT2D eigenvalue weighted by molar-refractivity contribution is 1.33. The van der Waals surface area contributed by atoms with E-state index < -0.39 is 0 Å². The van der Waals surface area contributed by atoms with Gasteiger partial charge in [0, 0.05) is 11.6 Å². The van der Waals surface area contributed by atoms with Crippen molar-refractivity contribution in [2.45, 2.75) is 6.92 Å². The molecule has 0 radical (unpaired) electrons. The van der Waals surface area contributed by atoms with Crippen LogP contribution >= 0.6 is 11.3 Å². The number of fused-ring (bicyclic) bond motifs is 2. The molecule has 0 spiro atoms. The summed E-state index contributed by atoms with van der Waals surface area (Å²) < 4.78 is 1.22. The molecule has 0 unspecified atom stereocenters. The topological polar surface area (TPSA) is 25.8 Å². The van der Waals surface area contributed by atoms with Gasteiger partial charge in [0.25, 0.3) is 0 Å². The largest absolute Gasteiger partial charge is 0.253 e. The van der Waals surface area contributed by atoms with Crippen molar-refractivity contribution in [3.8, 4) is 10.7 Å². The molecule has 2 aromatic carbocycles. The average Bonchev–Trinajstić information content (AvgIpc) is 2.89. The number of thiazole rings is 1. The highest BCUT2D eigenvalue weighted by molar-refractivity contribution is 7.21. The summed E-state index contributed by atoms with van der Waals surface area (Å²) in [6.45, 7) is 2.10. The first-order valence-electron chi connectivity index (χ1n) is 6.52. The van der Waals surface area contributed by atoms with Gasteiger partial charge in [-0.1, -0.05) is 30.3 Å². The zero-order valence-corrected chi connectivity index (χ0v) is 11.8. The lowest BCUT2D eigenvalue weighted by Crippen LogP contribution is -1.82. The van der Waals surface area contributed by atoms with Crippen LogP contribution in [-0.2, 0) is 0 Å². The van der Waals surface area contributed by atoms with Crippen LogP contribution in [0.3, 0.4) is 0 Å². The average molecular weight is 276 g/mol. The smallest absolute Gasteiger partial charge is 0.143 e. The Labute approximate surface area is 120 Å². The van der Waals surface area contributed by atoms with Gasteiger partial charge in [0.1, 0.15) is 5.01 Å². The van der Waals surface area contributed by atoms with Crippen molar-refractivity contribution in [1.82, 2.24) is 9.97 Å². The van der Waals surface area contributed by atoms with Gasteiger partial charge >= 0.3 is 0 Å². The van der Waals surface area contributed by atoms with Gasteiger partial charge in [0.2, 0.25) is 0 Å². The highest BCUT2D eigenvalue weighted by atomic mass is 32.1. The van der Waals surface area contributed by atoms with E-state index in [0.29, 0.717) is 0 Å². The van der Waals surface area contributed by atoms with Crippen molar-refractivity contribution in [3.63, 3.8) is 0 Å². The number of hydrogen-bond acceptors (Lipinski definition) is 3. The molecule has 0 aliphatic carbocycles. The Kier molecular flexibility index (Phi) is 2.54. The third-order valence-electron chi connectivity index (χ3n) is 3.39. The van der Waals surface area contributed by atoms with Crippen LogP contribution in [0.25, 0.3) is 31.7 Å². The molecule has 0 aliphatic rings. The molecule has 0 saturated carbocycles. The first kappa shape index (κ1) is 11.6. The van der Waals surface area contributed by atoms with Gasteiger partial charge in [0.15, 0.2) is 0 Å². The van der Waals surface area contributed by atoms with Crippen LogP contribution < -0.4 is 0 Å². The van der Waals surface area contributed by atoms with Crippen LogP contribution in [0, 0.1) is 6.92 Å². The number of hydrogen-bond donors (Lipinski definition) is 0. The molecule has 96 valence electrons. The summed E-state index contributed by atoms with van der Waals surface area (Å²) in [7, 11) is 0. The fourth-order valence-corrected chi connectivity index (χ4v) is 3.37. The Hall–Kier alpha value is -2.26. The molecule has 20 heavy (non-hydrogen) atoms. The summed E-state index contributed by atoms with van der Waals surface area (Å²) in [6.07, 6.45) is 1.92. The highest BCUT2D eigenvalue weighted by Crippen LogP contribution is 2.30. The van der Waals surface area contributed by atoms with E-state index in [2.05, 4.69) is 53.3 Å². The van der Waals surface area contributed by atoms with Crippen molar-refractivity contribution in [1.29, 1.82) is 0 Å². The monoisotopic (exact) mass is 276 g/mol. The van der Waals surface area contributed by atoms with Crippen molar-refractivity contribution in [3.05, 3.63) is 60.3 Å². The molecule has 2 aromatic heterocycles. The molecule has 0 atom stereocenters. The summed E-state index contributed by atoms with van der Waals surface area (Å²) in [5.74, 6) is 0. The van der Waals surface area contributed by atoms with Crippen LogP contribution in [0.15, 0.2) is 54.7 Å². The third kappa shape index (κ3) is 1.87. The van der Waals surface area contributed by atoms with Crippen LogP contribution in [0.1, 0.15) is 5.56 Å². The maximum absolute atomic E-state index is 4.69.